The Kier molecular flexibility index (Phi) is 39.2. The van der Waals surface area contributed by atoms with E-state index in [1.54, 1.807) is 0 Å². The second kappa shape index (κ2) is 40.1. The third kappa shape index (κ3) is 41.0. The van der Waals surface area contributed by atoms with Crippen LogP contribution in [0.5, 0.6) is 0 Å². The van der Waals surface area contributed by atoms with Gasteiger partial charge in [0.15, 0.2) is 0 Å². The number of hydrogen-bond acceptors (Lipinski definition) is 14. The molecule has 0 aliphatic carbocycles. The number of nitrogens with one attached hydrogen (secondary N) is 1. The van der Waals surface area contributed by atoms with Crippen LogP contribution in [0.3, 0.4) is 0 Å². The molecule has 0 atom stereocenters. The van der Waals surface area contributed by atoms with Crippen LogP contribution < -0.4 is 5.32 Å². The Labute approximate surface area is 281 Å². The number of hydrogen-bond donors (Lipinski definition) is 2. The zero-order valence-corrected chi connectivity index (χ0v) is 28.7. The Balaban J connectivity index is 3.06. The molecule has 0 heterocycles. The second-order valence-electron chi connectivity index (χ2n) is 8.98. The average molecular weight is 739 g/mol. The summed E-state index contributed by atoms with van der Waals surface area (Å²) < 4.78 is 64.7. The molecule has 0 aliphatic rings. The molecule has 16 nitrogen and oxygen atoms in total. The van der Waals surface area contributed by atoms with Crippen molar-refractivity contribution < 1.29 is 71.5 Å². The van der Waals surface area contributed by atoms with Crippen molar-refractivity contribution in [3.05, 3.63) is 0 Å². The van der Waals surface area contributed by atoms with Gasteiger partial charge in [0, 0.05) is 6.54 Å². The largest absolute Gasteiger partial charge is 0.481 e. The number of carboxylic acids is 1. The fraction of sp³-hybridized carbons (Fsp3) is 0.931. The number of halogens is 1. The van der Waals surface area contributed by atoms with Gasteiger partial charge in [0.25, 0.3) is 0 Å². The average Bonchev–Trinajstić information content (AvgIpc) is 3.05. The highest BCUT2D eigenvalue weighted by Crippen LogP contribution is 1.88. The summed E-state index contributed by atoms with van der Waals surface area (Å²) in [6, 6.07) is 0. The molecule has 0 fully saturated rings. The molecule has 1 amide bonds. The Hall–Kier alpha value is -1.06. The molecule has 0 spiro atoms. The summed E-state index contributed by atoms with van der Waals surface area (Å²) in [5, 5.41) is 11.5. The number of carbonyl (C=O) groups excluding carboxylic acids is 1. The van der Waals surface area contributed by atoms with E-state index in [1.807, 2.05) is 0 Å². The van der Waals surface area contributed by atoms with Gasteiger partial charge in [-0.05, 0) is 0 Å². The molecule has 0 radical (unpaired) electrons. The predicted molar refractivity (Wildman–Crippen MR) is 169 cm³/mol. The maximum absolute atomic E-state index is 11.0. The van der Waals surface area contributed by atoms with Gasteiger partial charge in [-0.1, -0.05) is 15.9 Å². The van der Waals surface area contributed by atoms with Gasteiger partial charge in [-0.25, -0.2) is 0 Å². The lowest BCUT2D eigenvalue weighted by atomic mass is 10.5. The lowest BCUT2D eigenvalue weighted by Crippen LogP contribution is -2.28. The van der Waals surface area contributed by atoms with Crippen molar-refractivity contribution in [3.63, 3.8) is 0 Å². The highest BCUT2D eigenvalue weighted by Gasteiger charge is 1.99. The van der Waals surface area contributed by atoms with E-state index in [-0.39, 0.29) is 18.9 Å². The number of aliphatic carboxylic acids is 1. The molecule has 0 aromatic carbocycles. The summed E-state index contributed by atoms with van der Waals surface area (Å²) >= 11 is 3.07. The number of amides is 1. The summed E-state index contributed by atoms with van der Waals surface area (Å²) in [5.74, 6) is -0.938. The number of ether oxygens (including phenoxy) is 12. The van der Waals surface area contributed by atoms with Crippen molar-refractivity contribution in [2.24, 2.45) is 0 Å². The lowest BCUT2D eigenvalue weighted by Gasteiger charge is -2.09. The molecule has 0 aromatic rings. The molecule has 0 unspecified atom stereocenters. The molecule has 0 bridgehead atoms. The zero-order chi connectivity index (χ0) is 33.4. The normalized spacial score (nSPS) is 11.3. The van der Waals surface area contributed by atoms with Gasteiger partial charge >= 0.3 is 5.97 Å². The van der Waals surface area contributed by atoms with Gasteiger partial charge in [-0.3, -0.25) is 9.59 Å². The summed E-state index contributed by atoms with van der Waals surface area (Å²) in [6.45, 7) is 11.5. The first-order valence-electron chi connectivity index (χ1n) is 15.6. The highest BCUT2D eigenvalue weighted by atomic mass is 79.9. The minimum atomic E-state index is -0.877. The van der Waals surface area contributed by atoms with Gasteiger partial charge in [0.1, 0.15) is 0 Å². The molecule has 0 aromatic heterocycles. The molecule has 46 heavy (non-hydrogen) atoms. The van der Waals surface area contributed by atoms with Gasteiger partial charge in [-0.2, -0.15) is 0 Å². The molecular formula is C29H56BrNO15. The van der Waals surface area contributed by atoms with Crippen LogP contribution in [0, 0.1) is 0 Å². The van der Waals surface area contributed by atoms with Crippen molar-refractivity contribution in [2.75, 3.05) is 170 Å². The fourth-order valence-electron chi connectivity index (χ4n) is 2.99. The van der Waals surface area contributed by atoms with E-state index in [4.69, 9.17) is 61.9 Å². The predicted octanol–water partition coefficient (Wildman–Crippen LogP) is 0.171. The maximum atomic E-state index is 11.0. The van der Waals surface area contributed by atoms with Crippen molar-refractivity contribution >= 4 is 27.8 Å². The van der Waals surface area contributed by atoms with Crippen LogP contribution in [0.15, 0.2) is 0 Å². The molecule has 2 N–H and O–H groups in total. The first-order valence-corrected chi connectivity index (χ1v) is 16.8. The number of alkyl halides is 1. The molecule has 0 saturated heterocycles. The summed E-state index contributed by atoms with van der Waals surface area (Å²) in [6.07, 6.45) is -0.00529. The van der Waals surface area contributed by atoms with Crippen LogP contribution in [0.2, 0.25) is 0 Å². The Morgan fingerprint density at radius 1 is 0.391 bits per heavy atom. The van der Waals surface area contributed by atoms with Crippen LogP contribution >= 0.6 is 15.9 Å². The minimum absolute atomic E-state index is 0.00529. The number of carboxylic acid groups (broad SMARTS) is 1. The standard InChI is InChI=1S/C29H56BrNO15/c30-27-28(32)31-2-4-36-6-8-38-10-12-40-14-16-42-18-20-44-22-24-46-26-25-45-23-21-43-19-17-41-15-13-39-11-9-37-7-5-35-3-1-29(33)34/h1-27H2,(H,31,32)(H,33,34). The topological polar surface area (TPSA) is 177 Å². The third-order valence-electron chi connectivity index (χ3n) is 5.24. The minimum Gasteiger partial charge on any atom is -0.481 e. The van der Waals surface area contributed by atoms with Crippen LogP contribution in [0.1, 0.15) is 6.42 Å². The third-order valence-corrected chi connectivity index (χ3v) is 5.75. The van der Waals surface area contributed by atoms with E-state index in [0.29, 0.717) is 164 Å². The van der Waals surface area contributed by atoms with E-state index >= 15 is 0 Å². The van der Waals surface area contributed by atoms with E-state index < -0.39 is 5.97 Å². The quantitative estimate of drug-likeness (QED) is 0.0642. The maximum Gasteiger partial charge on any atom is 0.305 e. The van der Waals surface area contributed by atoms with Crippen molar-refractivity contribution in [1.82, 2.24) is 5.32 Å². The monoisotopic (exact) mass is 737 g/mol. The summed E-state index contributed by atoms with van der Waals surface area (Å²) in [5.41, 5.74) is 0. The molecule has 17 heteroatoms. The summed E-state index contributed by atoms with van der Waals surface area (Å²) in [4.78, 5) is 21.3. The van der Waals surface area contributed by atoms with E-state index in [0.717, 1.165) is 0 Å². The van der Waals surface area contributed by atoms with E-state index in [2.05, 4.69) is 21.2 Å². The Morgan fingerprint density at radius 3 is 0.826 bits per heavy atom. The van der Waals surface area contributed by atoms with Crippen LogP contribution in [-0.2, 0) is 66.4 Å². The zero-order valence-electron chi connectivity index (χ0n) is 27.1. The van der Waals surface area contributed by atoms with Crippen LogP contribution in [0.4, 0.5) is 0 Å². The SMILES string of the molecule is O=C(O)CCOCCOCCOCCOCCOCCOCCOCCOCCOCCOCCOCCOCCNC(=O)CBr. The molecule has 0 aliphatic heterocycles. The Morgan fingerprint density at radius 2 is 0.609 bits per heavy atom. The lowest BCUT2D eigenvalue weighted by molar-refractivity contribution is -0.138. The highest BCUT2D eigenvalue weighted by molar-refractivity contribution is 9.09. The smallest absolute Gasteiger partial charge is 0.305 e. The molecule has 0 saturated carbocycles. The summed E-state index contributed by atoms with van der Waals surface area (Å²) in [7, 11) is 0. The van der Waals surface area contributed by atoms with E-state index in [1.165, 1.54) is 0 Å². The van der Waals surface area contributed by atoms with Crippen molar-refractivity contribution in [2.45, 2.75) is 6.42 Å². The number of rotatable bonds is 40. The Bertz CT molecular complexity index is 639. The molecular weight excluding hydrogens is 682 g/mol. The first-order chi connectivity index (χ1) is 22.7. The second-order valence-corrected chi connectivity index (χ2v) is 9.54. The van der Waals surface area contributed by atoms with Gasteiger partial charge in [0.05, 0.1) is 170 Å². The van der Waals surface area contributed by atoms with Crippen LogP contribution in [0.25, 0.3) is 0 Å². The van der Waals surface area contributed by atoms with Gasteiger partial charge < -0.3 is 67.3 Å². The molecule has 274 valence electrons. The molecule has 0 rings (SSSR count). The van der Waals surface area contributed by atoms with Crippen molar-refractivity contribution in [1.29, 1.82) is 0 Å². The number of carbonyl (C=O) groups is 2. The van der Waals surface area contributed by atoms with E-state index in [9.17, 15) is 9.59 Å². The first kappa shape index (κ1) is 44.9. The fourth-order valence-corrected chi connectivity index (χ4v) is 3.19. The van der Waals surface area contributed by atoms with Crippen molar-refractivity contribution in [3.8, 4) is 0 Å². The van der Waals surface area contributed by atoms with Gasteiger partial charge in [-0.15, -0.1) is 0 Å². The van der Waals surface area contributed by atoms with Crippen LogP contribution in [-0.4, -0.2) is 187 Å². The van der Waals surface area contributed by atoms with Gasteiger partial charge in [0.2, 0.25) is 5.91 Å².